The molecule has 0 unspecified atom stereocenters. The Hall–Kier alpha value is -3.20. The number of benzene rings is 1. The zero-order valence-corrected chi connectivity index (χ0v) is 14.5. The van der Waals surface area contributed by atoms with Crippen molar-refractivity contribution in [1.82, 2.24) is 9.55 Å². The first-order chi connectivity index (χ1) is 12.5. The van der Waals surface area contributed by atoms with Gasteiger partial charge in [-0.2, -0.15) is 0 Å². The molecule has 2 amide bonds. The van der Waals surface area contributed by atoms with E-state index in [0.29, 0.717) is 34.8 Å². The first-order valence-corrected chi connectivity index (χ1v) is 8.70. The van der Waals surface area contributed by atoms with Gasteiger partial charge in [0, 0.05) is 13.0 Å². The number of aromatic carboxylic acids is 1. The van der Waals surface area contributed by atoms with Crippen LogP contribution in [0.2, 0.25) is 0 Å². The molecule has 0 aliphatic heterocycles. The van der Waals surface area contributed by atoms with Crippen LogP contribution in [-0.2, 0) is 11.3 Å². The van der Waals surface area contributed by atoms with Gasteiger partial charge in [-0.15, -0.1) is 11.3 Å². The third kappa shape index (κ3) is 3.72. The summed E-state index contributed by atoms with van der Waals surface area (Å²) in [4.78, 5) is 39.4. The van der Waals surface area contributed by atoms with Gasteiger partial charge in [-0.05, 0) is 36.1 Å². The highest BCUT2D eigenvalue weighted by Crippen LogP contribution is 2.23. The maximum atomic E-state index is 12.3. The standard InChI is InChI=1S/C17H16N4O4S/c18-14(22)4-1-7-21-12-6-5-10(16(24)25)9-11(12)19-17(21)20-15(23)13-3-2-8-26-13/h2-3,5-6,8-9H,1,4,7H2,(H2,18,22)(H,24,25)(H,19,20,23). The number of fused-ring (bicyclic) bond motifs is 1. The minimum atomic E-state index is -1.06. The van der Waals surface area contributed by atoms with Crippen molar-refractivity contribution in [1.29, 1.82) is 0 Å². The van der Waals surface area contributed by atoms with Gasteiger partial charge < -0.3 is 15.4 Å². The molecule has 0 radical (unpaired) electrons. The number of aromatic nitrogens is 2. The van der Waals surface area contributed by atoms with Crippen LogP contribution in [0, 0.1) is 0 Å². The van der Waals surface area contributed by atoms with Gasteiger partial charge in [-0.3, -0.25) is 14.9 Å². The van der Waals surface area contributed by atoms with Crippen molar-refractivity contribution in [3.05, 3.63) is 46.2 Å². The number of carbonyl (C=O) groups is 3. The van der Waals surface area contributed by atoms with Crippen LogP contribution in [0.15, 0.2) is 35.7 Å². The number of nitrogens with zero attached hydrogens (tertiary/aromatic N) is 2. The van der Waals surface area contributed by atoms with Gasteiger partial charge in [0.2, 0.25) is 11.9 Å². The van der Waals surface area contributed by atoms with Crippen LogP contribution >= 0.6 is 11.3 Å². The average molecular weight is 372 g/mol. The summed E-state index contributed by atoms with van der Waals surface area (Å²) in [6.07, 6.45) is 0.675. The van der Waals surface area contributed by atoms with Crippen LogP contribution in [0.3, 0.4) is 0 Å². The number of primary amides is 1. The van der Waals surface area contributed by atoms with Gasteiger partial charge in [0.05, 0.1) is 21.5 Å². The first-order valence-electron chi connectivity index (χ1n) is 7.82. The Labute approximate surface area is 152 Å². The van der Waals surface area contributed by atoms with E-state index in [1.165, 1.54) is 23.5 Å². The number of amides is 2. The minimum absolute atomic E-state index is 0.107. The number of anilines is 1. The number of nitrogens with one attached hydrogen (secondary N) is 1. The second-order valence-corrected chi connectivity index (χ2v) is 6.54. The highest BCUT2D eigenvalue weighted by atomic mass is 32.1. The Morgan fingerprint density at radius 2 is 2.08 bits per heavy atom. The zero-order chi connectivity index (χ0) is 18.7. The lowest BCUT2D eigenvalue weighted by molar-refractivity contribution is -0.118. The number of nitrogens with two attached hydrogens (primary N) is 1. The molecule has 0 spiro atoms. The van der Waals surface area contributed by atoms with Crippen LogP contribution in [0.5, 0.6) is 0 Å². The van der Waals surface area contributed by atoms with Crippen molar-refractivity contribution in [2.45, 2.75) is 19.4 Å². The number of thiophene rings is 1. The number of carboxylic acid groups (broad SMARTS) is 1. The number of rotatable bonds is 7. The molecule has 0 saturated carbocycles. The summed E-state index contributed by atoms with van der Waals surface area (Å²) in [5.41, 5.74) is 6.41. The van der Waals surface area contributed by atoms with Gasteiger partial charge in [0.25, 0.3) is 5.91 Å². The number of aryl methyl sites for hydroxylation is 1. The molecule has 1 aromatic carbocycles. The fraction of sp³-hybridized carbons (Fsp3) is 0.176. The molecule has 4 N–H and O–H groups in total. The molecule has 3 rings (SSSR count). The minimum Gasteiger partial charge on any atom is -0.478 e. The fourth-order valence-corrected chi connectivity index (χ4v) is 3.19. The molecule has 3 aromatic rings. The van der Waals surface area contributed by atoms with Crippen LogP contribution in [0.1, 0.15) is 32.9 Å². The van der Waals surface area contributed by atoms with E-state index >= 15 is 0 Å². The molecule has 0 atom stereocenters. The average Bonchev–Trinajstić information content (AvgIpc) is 3.22. The highest BCUT2D eigenvalue weighted by molar-refractivity contribution is 7.12. The van der Waals surface area contributed by atoms with Crippen molar-refractivity contribution in [2.24, 2.45) is 5.73 Å². The number of hydrogen-bond donors (Lipinski definition) is 3. The largest absolute Gasteiger partial charge is 0.478 e. The third-order valence-electron chi connectivity index (χ3n) is 3.77. The number of carboxylic acids is 1. The van der Waals surface area contributed by atoms with E-state index in [1.54, 1.807) is 28.1 Å². The van der Waals surface area contributed by atoms with Crippen LogP contribution in [0.4, 0.5) is 5.95 Å². The van der Waals surface area contributed by atoms with Gasteiger partial charge in [0.1, 0.15) is 0 Å². The zero-order valence-electron chi connectivity index (χ0n) is 13.6. The summed E-state index contributed by atoms with van der Waals surface area (Å²) >= 11 is 1.30. The molecule has 0 aliphatic rings. The van der Waals surface area contributed by atoms with Gasteiger partial charge >= 0.3 is 5.97 Å². The molecular weight excluding hydrogens is 356 g/mol. The lowest BCUT2D eigenvalue weighted by Crippen LogP contribution is -2.16. The predicted molar refractivity (Wildman–Crippen MR) is 97.4 cm³/mol. The van der Waals surface area contributed by atoms with E-state index in [4.69, 9.17) is 10.8 Å². The summed E-state index contributed by atoms with van der Waals surface area (Å²) < 4.78 is 1.75. The summed E-state index contributed by atoms with van der Waals surface area (Å²) in [6.45, 7) is 0.409. The number of imidazole rings is 1. The quantitative estimate of drug-likeness (QED) is 0.586. The SMILES string of the molecule is NC(=O)CCCn1c(NC(=O)c2cccs2)nc2cc(C(=O)O)ccc21. The Morgan fingerprint density at radius 3 is 2.73 bits per heavy atom. The second kappa shape index (κ2) is 7.36. The molecular formula is C17H16N4O4S. The molecule has 2 heterocycles. The number of hydrogen-bond acceptors (Lipinski definition) is 5. The van der Waals surface area contributed by atoms with E-state index in [-0.39, 0.29) is 17.9 Å². The fourth-order valence-electron chi connectivity index (χ4n) is 2.57. The summed E-state index contributed by atoms with van der Waals surface area (Å²) in [6, 6.07) is 8.03. The molecule has 8 nitrogen and oxygen atoms in total. The lowest BCUT2D eigenvalue weighted by atomic mass is 10.2. The Bertz CT molecular complexity index is 978. The highest BCUT2D eigenvalue weighted by Gasteiger charge is 2.16. The molecule has 0 saturated heterocycles. The lowest BCUT2D eigenvalue weighted by Gasteiger charge is -2.09. The third-order valence-corrected chi connectivity index (χ3v) is 4.64. The molecule has 9 heteroatoms. The second-order valence-electron chi connectivity index (χ2n) is 5.60. The topological polar surface area (TPSA) is 127 Å². The van der Waals surface area contributed by atoms with Gasteiger partial charge in [-0.25, -0.2) is 9.78 Å². The van der Waals surface area contributed by atoms with Crippen molar-refractivity contribution in [3.8, 4) is 0 Å². The van der Waals surface area contributed by atoms with Crippen molar-refractivity contribution >= 4 is 46.1 Å². The van der Waals surface area contributed by atoms with Crippen molar-refractivity contribution in [3.63, 3.8) is 0 Å². The maximum absolute atomic E-state index is 12.3. The van der Waals surface area contributed by atoms with E-state index < -0.39 is 11.9 Å². The van der Waals surface area contributed by atoms with E-state index in [2.05, 4.69) is 10.3 Å². The van der Waals surface area contributed by atoms with Crippen LogP contribution < -0.4 is 11.1 Å². The van der Waals surface area contributed by atoms with E-state index in [9.17, 15) is 14.4 Å². The summed E-state index contributed by atoms with van der Waals surface area (Å²) in [7, 11) is 0. The molecule has 0 fully saturated rings. The van der Waals surface area contributed by atoms with E-state index in [0.717, 1.165) is 0 Å². The molecule has 2 aromatic heterocycles. The van der Waals surface area contributed by atoms with E-state index in [1.807, 2.05) is 0 Å². The summed E-state index contributed by atoms with van der Waals surface area (Å²) in [5.74, 6) is -1.47. The first kappa shape index (κ1) is 17.6. The Balaban J connectivity index is 1.96. The van der Waals surface area contributed by atoms with Crippen molar-refractivity contribution < 1.29 is 19.5 Å². The number of carbonyl (C=O) groups excluding carboxylic acids is 2. The monoisotopic (exact) mass is 372 g/mol. The Kier molecular flexibility index (Phi) is 4.99. The van der Waals surface area contributed by atoms with Crippen molar-refractivity contribution in [2.75, 3.05) is 5.32 Å². The smallest absolute Gasteiger partial charge is 0.335 e. The van der Waals surface area contributed by atoms with Gasteiger partial charge in [-0.1, -0.05) is 6.07 Å². The predicted octanol–water partition coefficient (Wildman–Crippen LogP) is 2.31. The van der Waals surface area contributed by atoms with Crippen LogP contribution in [-0.4, -0.2) is 32.4 Å². The maximum Gasteiger partial charge on any atom is 0.335 e. The Morgan fingerprint density at radius 1 is 1.27 bits per heavy atom. The molecule has 134 valence electrons. The normalized spacial score (nSPS) is 10.8. The molecule has 0 bridgehead atoms. The molecule has 26 heavy (non-hydrogen) atoms. The summed E-state index contributed by atoms with van der Waals surface area (Å²) in [5, 5.41) is 13.7. The molecule has 0 aliphatic carbocycles. The van der Waals surface area contributed by atoms with Crippen LogP contribution in [0.25, 0.3) is 11.0 Å². The van der Waals surface area contributed by atoms with Gasteiger partial charge in [0.15, 0.2) is 0 Å².